The van der Waals surface area contributed by atoms with E-state index in [1.165, 1.54) is 5.56 Å². The molecule has 0 spiro atoms. The summed E-state index contributed by atoms with van der Waals surface area (Å²) in [4.78, 5) is 4.36. The first kappa shape index (κ1) is 9.09. The number of fused-ring (bicyclic) bond motifs is 1. The highest BCUT2D eigenvalue weighted by Crippen LogP contribution is 2.24. The smallest absolute Gasteiger partial charge is 0.112 e. The maximum atomic E-state index is 4.36. The second-order valence-electron chi connectivity index (χ2n) is 3.70. The molecule has 2 aromatic rings. The molecule has 3 nitrogen and oxygen atoms in total. The van der Waals surface area contributed by atoms with E-state index in [1.54, 1.807) is 6.20 Å². The van der Waals surface area contributed by atoms with Crippen molar-refractivity contribution in [2.45, 2.75) is 6.04 Å². The van der Waals surface area contributed by atoms with Gasteiger partial charge in [0.25, 0.3) is 0 Å². The first-order valence-electron chi connectivity index (χ1n) is 5.23. The number of nitrogens with zero attached hydrogens (tertiary/aromatic N) is 2. The van der Waals surface area contributed by atoms with Gasteiger partial charge < -0.3 is 0 Å². The van der Waals surface area contributed by atoms with E-state index in [1.807, 2.05) is 36.5 Å². The summed E-state index contributed by atoms with van der Waals surface area (Å²) in [5.41, 5.74) is 6.46. The summed E-state index contributed by atoms with van der Waals surface area (Å²) in [5.74, 6) is 0. The van der Waals surface area contributed by atoms with E-state index in [0.29, 0.717) is 0 Å². The summed E-state index contributed by atoms with van der Waals surface area (Å²) in [6, 6.07) is 14.2. The third-order valence-corrected chi connectivity index (χ3v) is 2.70. The lowest BCUT2D eigenvalue weighted by Gasteiger charge is -2.21. The molecule has 1 aliphatic rings. The largest absolute Gasteiger partial charge is 0.296 e. The Morgan fingerprint density at radius 1 is 1.00 bits per heavy atom. The molecule has 78 valence electrons. The van der Waals surface area contributed by atoms with Crippen molar-refractivity contribution < 1.29 is 0 Å². The molecule has 3 heteroatoms. The quantitative estimate of drug-likeness (QED) is 0.781. The zero-order valence-electron chi connectivity index (χ0n) is 8.67. The van der Waals surface area contributed by atoms with Crippen LogP contribution in [0.25, 0.3) is 0 Å². The van der Waals surface area contributed by atoms with Gasteiger partial charge in [0, 0.05) is 11.8 Å². The Morgan fingerprint density at radius 3 is 2.75 bits per heavy atom. The number of hydrogen-bond acceptors (Lipinski definition) is 3. The monoisotopic (exact) mass is 209 g/mol. The lowest BCUT2D eigenvalue weighted by Crippen LogP contribution is -2.23. The zero-order valence-corrected chi connectivity index (χ0v) is 8.67. The van der Waals surface area contributed by atoms with Gasteiger partial charge in [0.05, 0.1) is 11.9 Å². The van der Waals surface area contributed by atoms with Crippen LogP contribution < -0.4 is 5.43 Å². The summed E-state index contributed by atoms with van der Waals surface area (Å²) in [6.07, 6.45) is 3.65. The molecular formula is C13H11N3. The highest BCUT2D eigenvalue weighted by atomic mass is 15.3. The highest BCUT2D eigenvalue weighted by molar-refractivity contribution is 5.83. The van der Waals surface area contributed by atoms with Gasteiger partial charge in [0.15, 0.2) is 0 Å². The lowest BCUT2D eigenvalue weighted by atomic mass is 9.97. The van der Waals surface area contributed by atoms with Crippen LogP contribution in [0, 0.1) is 0 Å². The van der Waals surface area contributed by atoms with Crippen molar-refractivity contribution >= 4 is 6.21 Å². The van der Waals surface area contributed by atoms with E-state index in [-0.39, 0.29) is 6.04 Å². The minimum Gasteiger partial charge on any atom is -0.296 e. The molecule has 1 atom stereocenters. The maximum absolute atomic E-state index is 4.36. The van der Waals surface area contributed by atoms with Gasteiger partial charge in [-0.25, -0.2) is 0 Å². The standard InChI is InChI=1S/C13H11N3/c1-2-6-11-10(5-1)9-15-16-13(11)12-7-3-4-8-14-12/h1-9,13,16H. The van der Waals surface area contributed by atoms with Crippen molar-refractivity contribution in [1.82, 2.24) is 10.4 Å². The molecule has 0 amide bonds. The van der Waals surface area contributed by atoms with Gasteiger partial charge in [0.2, 0.25) is 0 Å². The van der Waals surface area contributed by atoms with Crippen LogP contribution in [-0.2, 0) is 0 Å². The Hall–Kier alpha value is -2.16. The molecule has 1 unspecified atom stereocenters. The molecule has 1 aromatic carbocycles. The fourth-order valence-corrected chi connectivity index (χ4v) is 1.91. The molecule has 0 fully saturated rings. The SMILES string of the molecule is C1=NNC(c2ccccn2)c2ccccc21. The molecular weight excluding hydrogens is 198 g/mol. The van der Waals surface area contributed by atoms with Crippen molar-refractivity contribution in [3.05, 3.63) is 65.5 Å². The number of aromatic nitrogens is 1. The third kappa shape index (κ3) is 1.46. The molecule has 1 N–H and O–H groups in total. The minimum absolute atomic E-state index is 0.0578. The molecule has 1 aliphatic heterocycles. The number of hydrogen-bond donors (Lipinski definition) is 1. The molecule has 3 rings (SSSR count). The fraction of sp³-hybridized carbons (Fsp3) is 0.0769. The predicted molar refractivity (Wildman–Crippen MR) is 63.3 cm³/mol. The summed E-state index contributed by atoms with van der Waals surface area (Å²) in [5, 5.41) is 4.16. The van der Waals surface area contributed by atoms with Crippen LogP contribution in [0.2, 0.25) is 0 Å². The topological polar surface area (TPSA) is 37.3 Å². The molecule has 0 saturated heterocycles. The summed E-state index contributed by atoms with van der Waals surface area (Å²) < 4.78 is 0. The zero-order chi connectivity index (χ0) is 10.8. The van der Waals surface area contributed by atoms with E-state index in [4.69, 9.17) is 0 Å². The fourth-order valence-electron chi connectivity index (χ4n) is 1.91. The Balaban J connectivity index is 2.09. The van der Waals surface area contributed by atoms with E-state index in [2.05, 4.69) is 27.6 Å². The van der Waals surface area contributed by atoms with Crippen molar-refractivity contribution in [3.8, 4) is 0 Å². The van der Waals surface area contributed by atoms with Gasteiger partial charge in [-0.1, -0.05) is 30.3 Å². The van der Waals surface area contributed by atoms with Crippen LogP contribution in [0.1, 0.15) is 22.9 Å². The summed E-state index contributed by atoms with van der Waals surface area (Å²) >= 11 is 0. The first-order valence-corrected chi connectivity index (χ1v) is 5.23. The number of benzene rings is 1. The van der Waals surface area contributed by atoms with Gasteiger partial charge >= 0.3 is 0 Å². The Bertz CT molecular complexity index is 520. The third-order valence-electron chi connectivity index (χ3n) is 2.70. The number of rotatable bonds is 1. The molecule has 0 aliphatic carbocycles. The van der Waals surface area contributed by atoms with E-state index < -0.39 is 0 Å². The van der Waals surface area contributed by atoms with Gasteiger partial charge in [-0.15, -0.1) is 0 Å². The molecule has 16 heavy (non-hydrogen) atoms. The number of nitrogens with one attached hydrogen (secondary N) is 1. The molecule has 2 heterocycles. The Labute approximate surface area is 93.8 Å². The van der Waals surface area contributed by atoms with Crippen molar-refractivity contribution in [2.75, 3.05) is 0 Å². The van der Waals surface area contributed by atoms with Gasteiger partial charge in [0.1, 0.15) is 6.04 Å². The first-order chi connectivity index (χ1) is 7.95. The van der Waals surface area contributed by atoms with E-state index >= 15 is 0 Å². The summed E-state index contributed by atoms with van der Waals surface area (Å²) in [7, 11) is 0. The van der Waals surface area contributed by atoms with Crippen LogP contribution in [0.3, 0.4) is 0 Å². The van der Waals surface area contributed by atoms with E-state index in [9.17, 15) is 0 Å². The second-order valence-corrected chi connectivity index (χ2v) is 3.70. The second kappa shape index (κ2) is 3.77. The highest BCUT2D eigenvalue weighted by Gasteiger charge is 2.19. The molecule has 0 saturated carbocycles. The lowest BCUT2D eigenvalue weighted by molar-refractivity contribution is 0.616. The molecule has 0 bridgehead atoms. The van der Waals surface area contributed by atoms with Crippen molar-refractivity contribution in [2.24, 2.45) is 5.10 Å². The van der Waals surface area contributed by atoms with Crippen molar-refractivity contribution in [1.29, 1.82) is 0 Å². The van der Waals surface area contributed by atoms with Gasteiger partial charge in [-0.2, -0.15) is 5.10 Å². The molecule has 1 aromatic heterocycles. The number of hydrazone groups is 1. The van der Waals surface area contributed by atoms with E-state index in [0.717, 1.165) is 11.3 Å². The van der Waals surface area contributed by atoms with Crippen molar-refractivity contribution in [3.63, 3.8) is 0 Å². The number of pyridine rings is 1. The van der Waals surface area contributed by atoms with Crippen LogP contribution in [0.5, 0.6) is 0 Å². The van der Waals surface area contributed by atoms with Crippen LogP contribution in [-0.4, -0.2) is 11.2 Å². The van der Waals surface area contributed by atoms with Crippen LogP contribution in [0.4, 0.5) is 0 Å². The maximum Gasteiger partial charge on any atom is 0.112 e. The Kier molecular flexibility index (Phi) is 2.14. The normalized spacial score (nSPS) is 17.6. The van der Waals surface area contributed by atoms with Gasteiger partial charge in [-0.05, 0) is 17.7 Å². The van der Waals surface area contributed by atoms with Gasteiger partial charge in [-0.3, -0.25) is 10.4 Å². The Morgan fingerprint density at radius 2 is 1.88 bits per heavy atom. The average molecular weight is 209 g/mol. The van der Waals surface area contributed by atoms with Crippen LogP contribution in [0.15, 0.2) is 53.8 Å². The minimum atomic E-state index is 0.0578. The summed E-state index contributed by atoms with van der Waals surface area (Å²) in [6.45, 7) is 0. The average Bonchev–Trinajstić information content (AvgIpc) is 2.39. The molecule has 0 radical (unpaired) electrons. The van der Waals surface area contributed by atoms with Crippen LogP contribution >= 0.6 is 0 Å². The predicted octanol–water partition coefficient (Wildman–Crippen LogP) is 2.11.